The summed E-state index contributed by atoms with van der Waals surface area (Å²) in [5.41, 5.74) is 3.52. The Kier molecular flexibility index (Phi) is 5.40. The average molecular weight is 459 g/mol. The van der Waals surface area contributed by atoms with Crippen molar-refractivity contribution < 1.29 is 9.47 Å². The number of hydrogen-bond donors (Lipinski definition) is 1. The first-order valence-corrected chi connectivity index (χ1v) is 11.8. The number of nitriles is 1. The molecular weight excluding hydrogens is 432 g/mol. The van der Waals surface area contributed by atoms with Crippen LogP contribution in [0.4, 0.5) is 0 Å². The van der Waals surface area contributed by atoms with Crippen molar-refractivity contribution in [2.75, 3.05) is 32.8 Å². The summed E-state index contributed by atoms with van der Waals surface area (Å²) in [5.74, 6) is 1.29. The maximum Gasteiger partial charge on any atom is 0.276 e. The third-order valence-electron chi connectivity index (χ3n) is 7.12. The molecule has 0 aliphatic carbocycles. The van der Waals surface area contributed by atoms with E-state index >= 15 is 0 Å². The first kappa shape index (κ1) is 21.1. The van der Waals surface area contributed by atoms with Gasteiger partial charge in [-0.05, 0) is 43.5 Å². The SMILES string of the molecule is N#Cc1ccc2ccc(=O)n3c2c1C(CN1CCC(NCc2cc4c(nn2)OCCO4)CC1)C3. The summed E-state index contributed by atoms with van der Waals surface area (Å²) in [4.78, 5) is 14.9. The van der Waals surface area contributed by atoms with Crippen LogP contribution in [0.15, 0.2) is 35.1 Å². The molecule has 2 aromatic heterocycles. The molecule has 174 valence electrons. The Morgan fingerprint density at radius 1 is 1.12 bits per heavy atom. The van der Waals surface area contributed by atoms with Gasteiger partial charge in [-0.3, -0.25) is 4.79 Å². The van der Waals surface area contributed by atoms with Crippen LogP contribution in [-0.4, -0.2) is 58.6 Å². The number of ether oxygens (including phenoxy) is 2. The minimum absolute atomic E-state index is 0.0106. The lowest BCUT2D eigenvalue weighted by Crippen LogP contribution is -2.43. The Labute approximate surface area is 196 Å². The molecule has 1 fully saturated rings. The van der Waals surface area contributed by atoms with Gasteiger partial charge < -0.3 is 24.3 Å². The smallest absolute Gasteiger partial charge is 0.276 e. The van der Waals surface area contributed by atoms with Crippen LogP contribution < -0.4 is 20.3 Å². The summed E-state index contributed by atoms with van der Waals surface area (Å²) in [6.07, 6.45) is 2.07. The van der Waals surface area contributed by atoms with Crippen molar-refractivity contribution in [2.24, 2.45) is 0 Å². The molecule has 34 heavy (non-hydrogen) atoms. The van der Waals surface area contributed by atoms with Gasteiger partial charge in [-0.25, -0.2) is 0 Å². The first-order valence-electron chi connectivity index (χ1n) is 11.8. The fourth-order valence-corrected chi connectivity index (χ4v) is 5.44. The van der Waals surface area contributed by atoms with Crippen molar-refractivity contribution in [3.05, 3.63) is 57.5 Å². The van der Waals surface area contributed by atoms with Gasteiger partial charge in [0, 0.05) is 49.3 Å². The first-order chi connectivity index (χ1) is 16.7. The van der Waals surface area contributed by atoms with Gasteiger partial charge in [0.2, 0.25) is 0 Å². The quantitative estimate of drug-likeness (QED) is 0.617. The van der Waals surface area contributed by atoms with E-state index in [2.05, 4.69) is 26.5 Å². The number of rotatable bonds is 5. The molecule has 6 rings (SSSR count). The molecule has 0 amide bonds. The van der Waals surface area contributed by atoms with E-state index in [0.29, 0.717) is 49.5 Å². The lowest BCUT2D eigenvalue weighted by molar-refractivity contribution is 0.161. The van der Waals surface area contributed by atoms with Crippen LogP contribution in [0.1, 0.15) is 35.6 Å². The minimum Gasteiger partial charge on any atom is -0.484 e. The van der Waals surface area contributed by atoms with Crippen molar-refractivity contribution in [2.45, 2.75) is 37.9 Å². The van der Waals surface area contributed by atoms with Crippen LogP contribution in [0.5, 0.6) is 11.6 Å². The van der Waals surface area contributed by atoms with Gasteiger partial charge in [-0.2, -0.15) is 10.4 Å². The molecule has 0 saturated carbocycles. The second kappa shape index (κ2) is 8.70. The van der Waals surface area contributed by atoms with Crippen LogP contribution in [0, 0.1) is 11.3 Å². The molecule has 1 atom stereocenters. The van der Waals surface area contributed by atoms with E-state index in [-0.39, 0.29) is 11.5 Å². The molecule has 3 aromatic rings. The topological polar surface area (TPSA) is 105 Å². The van der Waals surface area contributed by atoms with Crippen molar-refractivity contribution in [1.29, 1.82) is 5.26 Å². The fourth-order valence-electron chi connectivity index (χ4n) is 5.44. The fraction of sp³-hybridized carbons (Fsp3) is 0.440. The van der Waals surface area contributed by atoms with E-state index < -0.39 is 0 Å². The standard InChI is InChI=1S/C25H26N6O3/c26-12-17-2-1-16-3-4-22(32)31-15-18(23(17)24(16)31)14-30-7-5-19(6-8-30)27-13-20-11-21-25(29-28-20)34-10-9-33-21/h1-4,11,18-19,27H,5-10,13-15H2. The van der Waals surface area contributed by atoms with E-state index in [1.54, 1.807) is 6.07 Å². The third-order valence-corrected chi connectivity index (χ3v) is 7.12. The largest absolute Gasteiger partial charge is 0.484 e. The van der Waals surface area contributed by atoms with E-state index in [1.807, 2.05) is 28.8 Å². The highest BCUT2D eigenvalue weighted by molar-refractivity contribution is 5.86. The van der Waals surface area contributed by atoms with Crippen molar-refractivity contribution in [1.82, 2.24) is 25.0 Å². The van der Waals surface area contributed by atoms with Gasteiger partial charge in [0.1, 0.15) is 13.2 Å². The van der Waals surface area contributed by atoms with Crippen LogP contribution in [0.3, 0.4) is 0 Å². The molecule has 1 saturated heterocycles. The number of pyridine rings is 1. The molecule has 9 nitrogen and oxygen atoms in total. The number of fused-ring (bicyclic) bond motifs is 1. The lowest BCUT2D eigenvalue weighted by Gasteiger charge is -2.34. The van der Waals surface area contributed by atoms with Gasteiger partial charge in [0.15, 0.2) is 5.75 Å². The number of nitrogens with one attached hydrogen (secondary N) is 1. The highest BCUT2D eigenvalue weighted by Crippen LogP contribution is 2.36. The molecule has 0 spiro atoms. The molecule has 3 aliphatic heterocycles. The van der Waals surface area contributed by atoms with Gasteiger partial charge in [-0.1, -0.05) is 6.07 Å². The molecule has 1 unspecified atom stereocenters. The Morgan fingerprint density at radius 3 is 2.79 bits per heavy atom. The normalized spacial score (nSPS) is 19.9. The zero-order chi connectivity index (χ0) is 23.1. The summed E-state index contributed by atoms with van der Waals surface area (Å²) >= 11 is 0. The molecular formula is C25H26N6O3. The van der Waals surface area contributed by atoms with E-state index in [4.69, 9.17) is 9.47 Å². The second-order valence-electron chi connectivity index (χ2n) is 9.21. The summed E-state index contributed by atoms with van der Waals surface area (Å²) < 4.78 is 12.9. The van der Waals surface area contributed by atoms with E-state index in [0.717, 1.165) is 54.6 Å². The number of hydrogen-bond acceptors (Lipinski definition) is 8. The highest BCUT2D eigenvalue weighted by Gasteiger charge is 2.31. The van der Waals surface area contributed by atoms with Crippen molar-refractivity contribution >= 4 is 10.9 Å². The Morgan fingerprint density at radius 2 is 1.94 bits per heavy atom. The molecule has 0 radical (unpaired) electrons. The van der Waals surface area contributed by atoms with Gasteiger partial charge in [-0.15, -0.1) is 5.10 Å². The predicted octanol–water partition coefficient (Wildman–Crippen LogP) is 1.79. The molecule has 9 heteroatoms. The molecule has 0 bridgehead atoms. The molecule has 3 aliphatic rings. The summed E-state index contributed by atoms with van der Waals surface area (Å²) in [6.45, 7) is 5.14. The maximum absolute atomic E-state index is 12.5. The van der Waals surface area contributed by atoms with Crippen LogP contribution in [0.25, 0.3) is 10.9 Å². The number of piperidine rings is 1. The maximum atomic E-state index is 12.5. The monoisotopic (exact) mass is 458 g/mol. The van der Waals surface area contributed by atoms with Gasteiger partial charge >= 0.3 is 0 Å². The third kappa shape index (κ3) is 3.79. The Balaban J connectivity index is 1.08. The zero-order valence-electron chi connectivity index (χ0n) is 18.9. The number of aromatic nitrogens is 3. The average Bonchev–Trinajstić information content (AvgIpc) is 3.26. The van der Waals surface area contributed by atoms with Crippen LogP contribution in [-0.2, 0) is 13.1 Å². The van der Waals surface area contributed by atoms with Gasteiger partial charge in [0.05, 0.1) is 22.8 Å². The number of likely N-dealkylation sites (tertiary alicyclic amines) is 1. The summed E-state index contributed by atoms with van der Waals surface area (Å²) in [7, 11) is 0. The lowest BCUT2D eigenvalue weighted by atomic mass is 9.93. The Bertz CT molecular complexity index is 1340. The Hall–Kier alpha value is -3.48. The highest BCUT2D eigenvalue weighted by atomic mass is 16.6. The van der Waals surface area contributed by atoms with Crippen molar-refractivity contribution in [3.8, 4) is 17.7 Å². The molecule has 5 heterocycles. The predicted molar refractivity (Wildman–Crippen MR) is 125 cm³/mol. The van der Waals surface area contributed by atoms with E-state index in [1.165, 1.54) is 0 Å². The van der Waals surface area contributed by atoms with Gasteiger partial charge in [0.25, 0.3) is 11.4 Å². The van der Waals surface area contributed by atoms with Crippen LogP contribution >= 0.6 is 0 Å². The summed E-state index contributed by atoms with van der Waals surface area (Å²) in [6, 6.07) is 12.0. The zero-order valence-corrected chi connectivity index (χ0v) is 18.9. The summed E-state index contributed by atoms with van der Waals surface area (Å²) in [5, 5.41) is 22.7. The number of nitrogens with zero attached hydrogens (tertiary/aromatic N) is 5. The second-order valence-corrected chi connectivity index (χ2v) is 9.21. The van der Waals surface area contributed by atoms with Crippen molar-refractivity contribution in [3.63, 3.8) is 0 Å². The molecule has 1 N–H and O–H groups in total. The number of benzene rings is 1. The molecule has 1 aromatic carbocycles. The van der Waals surface area contributed by atoms with E-state index in [9.17, 15) is 10.1 Å². The minimum atomic E-state index is 0.0106. The van der Waals surface area contributed by atoms with Crippen LogP contribution in [0.2, 0.25) is 0 Å².